The molecular weight excluding hydrogens is 386 g/mol. The number of aromatic nitrogens is 3. The number of hydrogen-bond acceptors (Lipinski definition) is 4. The van der Waals surface area contributed by atoms with E-state index in [9.17, 15) is 0 Å². The fourth-order valence-electron chi connectivity index (χ4n) is 3.93. The number of rotatable bonds is 5. The van der Waals surface area contributed by atoms with E-state index in [-0.39, 0.29) is 0 Å². The second-order valence-corrected chi connectivity index (χ2v) is 7.11. The number of methoxy groups -OCH3 is 2. The van der Waals surface area contributed by atoms with Crippen molar-refractivity contribution >= 4 is 10.8 Å². The molecule has 152 valence electrons. The van der Waals surface area contributed by atoms with E-state index in [0.717, 1.165) is 50.5 Å². The molecule has 3 aromatic carbocycles. The van der Waals surface area contributed by atoms with Crippen molar-refractivity contribution in [1.29, 1.82) is 0 Å². The first-order chi connectivity index (χ1) is 15.3. The van der Waals surface area contributed by atoms with Gasteiger partial charge in [0.1, 0.15) is 23.6 Å². The molecule has 0 saturated carbocycles. The molecule has 5 heteroatoms. The molecule has 2 aromatic heterocycles. The van der Waals surface area contributed by atoms with Gasteiger partial charge in [-0.15, -0.1) is 0 Å². The highest BCUT2D eigenvalue weighted by Crippen LogP contribution is 2.42. The van der Waals surface area contributed by atoms with Crippen molar-refractivity contribution in [2.45, 2.75) is 0 Å². The Bertz CT molecular complexity index is 1360. The summed E-state index contributed by atoms with van der Waals surface area (Å²) in [7, 11) is 3.36. The Labute approximate surface area is 180 Å². The number of para-hydroxylation sites is 1. The van der Waals surface area contributed by atoms with Crippen LogP contribution in [0.4, 0.5) is 0 Å². The highest BCUT2D eigenvalue weighted by atomic mass is 16.5. The van der Waals surface area contributed by atoms with Crippen molar-refractivity contribution in [2.75, 3.05) is 14.2 Å². The lowest BCUT2D eigenvalue weighted by Gasteiger charge is -2.18. The summed E-state index contributed by atoms with van der Waals surface area (Å²) in [5.41, 5.74) is 3.83. The molecule has 5 nitrogen and oxygen atoms in total. The third kappa shape index (κ3) is 3.30. The number of benzene rings is 3. The van der Waals surface area contributed by atoms with E-state index >= 15 is 0 Å². The van der Waals surface area contributed by atoms with Crippen molar-refractivity contribution in [2.24, 2.45) is 0 Å². The van der Waals surface area contributed by atoms with Crippen LogP contribution in [-0.4, -0.2) is 28.8 Å². The van der Waals surface area contributed by atoms with Crippen LogP contribution in [0, 0.1) is 0 Å². The normalized spacial score (nSPS) is 10.9. The van der Waals surface area contributed by atoms with Crippen LogP contribution in [-0.2, 0) is 0 Å². The molecule has 0 saturated heterocycles. The summed E-state index contributed by atoms with van der Waals surface area (Å²) >= 11 is 0. The Morgan fingerprint density at radius 2 is 1.61 bits per heavy atom. The second-order valence-electron chi connectivity index (χ2n) is 7.11. The number of fused-ring (bicyclic) bond motifs is 1. The van der Waals surface area contributed by atoms with E-state index in [0.29, 0.717) is 0 Å². The maximum Gasteiger partial charge on any atom is 0.146 e. The third-order valence-electron chi connectivity index (χ3n) is 5.36. The number of pyridine rings is 1. The van der Waals surface area contributed by atoms with Gasteiger partial charge in [0.25, 0.3) is 0 Å². The van der Waals surface area contributed by atoms with Crippen molar-refractivity contribution < 1.29 is 9.47 Å². The van der Waals surface area contributed by atoms with Gasteiger partial charge in [0.2, 0.25) is 0 Å². The van der Waals surface area contributed by atoms with Gasteiger partial charge in [-0.05, 0) is 35.2 Å². The minimum atomic E-state index is 0.769. The van der Waals surface area contributed by atoms with Crippen molar-refractivity contribution in [3.05, 3.63) is 91.5 Å². The van der Waals surface area contributed by atoms with E-state index < -0.39 is 0 Å². The summed E-state index contributed by atoms with van der Waals surface area (Å²) in [6, 6.07) is 24.3. The maximum absolute atomic E-state index is 5.69. The van der Waals surface area contributed by atoms with Crippen LogP contribution in [0.25, 0.3) is 39.0 Å². The standard InChI is InChI=1S/C26H21N3O2/c1-30-19-9-7-8-18(16-19)24-20-10-3-4-11-21(20)26(29-15-14-27-17-29)28-25(24)22-12-5-6-13-23(22)31-2/h3-17H,1-2H3. The molecule has 0 unspecified atom stereocenters. The zero-order valence-electron chi connectivity index (χ0n) is 17.3. The van der Waals surface area contributed by atoms with Gasteiger partial charge >= 0.3 is 0 Å². The molecule has 31 heavy (non-hydrogen) atoms. The molecule has 0 N–H and O–H groups in total. The second kappa shape index (κ2) is 7.95. The number of imidazole rings is 1. The van der Waals surface area contributed by atoms with Crippen LogP contribution in [0.2, 0.25) is 0 Å². The van der Waals surface area contributed by atoms with Crippen LogP contribution in [0.3, 0.4) is 0 Å². The monoisotopic (exact) mass is 407 g/mol. The molecule has 0 aliphatic carbocycles. The SMILES string of the molecule is COc1cccc(-c2c(-c3ccccc3OC)nc(-n3ccnc3)c3ccccc23)c1. The van der Waals surface area contributed by atoms with Gasteiger partial charge in [-0.3, -0.25) is 4.57 Å². The number of hydrogen-bond donors (Lipinski definition) is 0. The Balaban J connectivity index is 1.93. The van der Waals surface area contributed by atoms with Gasteiger partial charge in [-0.1, -0.05) is 48.5 Å². The molecule has 0 atom stereocenters. The van der Waals surface area contributed by atoms with Crippen molar-refractivity contribution in [3.63, 3.8) is 0 Å². The van der Waals surface area contributed by atoms with E-state index in [1.54, 1.807) is 26.7 Å². The third-order valence-corrected chi connectivity index (χ3v) is 5.36. The summed E-state index contributed by atoms with van der Waals surface area (Å²) in [4.78, 5) is 9.38. The Hall–Kier alpha value is -4.12. The highest BCUT2D eigenvalue weighted by Gasteiger charge is 2.20. The Morgan fingerprint density at radius 1 is 0.806 bits per heavy atom. The molecule has 0 aliphatic heterocycles. The largest absolute Gasteiger partial charge is 0.497 e. The molecule has 0 spiro atoms. The van der Waals surface area contributed by atoms with Crippen LogP contribution < -0.4 is 9.47 Å². The van der Waals surface area contributed by atoms with Crippen LogP contribution in [0.1, 0.15) is 0 Å². The summed E-state index contributed by atoms with van der Waals surface area (Å²) < 4.78 is 13.1. The summed E-state index contributed by atoms with van der Waals surface area (Å²) in [5, 5.41) is 2.13. The quantitative estimate of drug-likeness (QED) is 0.371. The lowest BCUT2D eigenvalue weighted by molar-refractivity contribution is 0.415. The minimum absolute atomic E-state index is 0.769. The van der Waals surface area contributed by atoms with Crippen LogP contribution >= 0.6 is 0 Å². The summed E-state index contributed by atoms with van der Waals surface area (Å²) in [6.45, 7) is 0. The fourth-order valence-corrected chi connectivity index (χ4v) is 3.93. The first kappa shape index (κ1) is 18.9. The average Bonchev–Trinajstić information content (AvgIpc) is 3.38. The maximum atomic E-state index is 5.69. The topological polar surface area (TPSA) is 49.2 Å². The molecular formula is C26H21N3O2. The minimum Gasteiger partial charge on any atom is -0.497 e. The Morgan fingerprint density at radius 3 is 2.39 bits per heavy atom. The highest BCUT2D eigenvalue weighted by molar-refractivity contribution is 6.06. The summed E-state index contributed by atoms with van der Waals surface area (Å²) in [6.07, 6.45) is 5.44. The van der Waals surface area contributed by atoms with Gasteiger partial charge in [-0.25, -0.2) is 9.97 Å². The molecule has 0 bridgehead atoms. The number of nitrogens with zero attached hydrogens (tertiary/aromatic N) is 3. The van der Waals surface area contributed by atoms with Gasteiger partial charge in [-0.2, -0.15) is 0 Å². The predicted molar refractivity (Wildman–Crippen MR) is 123 cm³/mol. The first-order valence-corrected chi connectivity index (χ1v) is 9.99. The molecule has 0 fully saturated rings. The first-order valence-electron chi connectivity index (χ1n) is 9.99. The van der Waals surface area contributed by atoms with Gasteiger partial charge in [0.15, 0.2) is 0 Å². The van der Waals surface area contributed by atoms with E-state index in [2.05, 4.69) is 29.2 Å². The predicted octanol–water partition coefficient (Wildman–Crippen LogP) is 5.77. The lowest BCUT2D eigenvalue weighted by atomic mass is 9.93. The molecule has 5 rings (SSSR count). The summed E-state index contributed by atoms with van der Waals surface area (Å²) in [5.74, 6) is 2.39. The lowest BCUT2D eigenvalue weighted by Crippen LogP contribution is -2.02. The van der Waals surface area contributed by atoms with E-state index in [1.165, 1.54) is 0 Å². The van der Waals surface area contributed by atoms with E-state index in [1.807, 2.05) is 59.3 Å². The fraction of sp³-hybridized carbons (Fsp3) is 0.0769. The smallest absolute Gasteiger partial charge is 0.146 e. The zero-order valence-corrected chi connectivity index (χ0v) is 17.3. The van der Waals surface area contributed by atoms with Gasteiger partial charge in [0, 0.05) is 28.9 Å². The molecule has 0 aliphatic rings. The van der Waals surface area contributed by atoms with Crippen LogP contribution in [0.5, 0.6) is 11.5 Å². The molecule has 0 radical (unpaired) electrons. The van der Waals surface area contributed by atoms with Crippen molar-refractivity contribution in [3.8, 4) is 39.7 Å². The molecule has 0 amide bonds. The van der Waals surface area contributed by atoms with Crippen molar-refractivity contribution in [1.82, 2.24) is 14.5 Å². The van der Waals surface area contributed by atoms with Gasteiger partial charge in [0.05, 0.1) is 19.9 Å². The van der Waals surface area contributed by atoms with Crippen LogP contribution in [0.15, 0.2) is 91.5 Å². The van der Waals surface area contributed by atoms with Gasteiger partial charge < -0.3 is 9.47 Å². The van der Waals surface area contributed by atoms with E-state index in [4.69, 9.17) is 14.5 Å². The molecule has 5 aromatic rings. The number of ether oxygens (including phenoxy) is 2. The molecule has 2 heterocycles. The Kier molecular flexibility index (Phi) is 4.84. The average molecular weight is 407 g/mol. The zero-order chi connectivity index (χ0) is 21.2.